The smallest absolute Gasteiger partial charge is 0.292 e. The number of nitrogens with one attached hydrogen (secondary N) is 1. The fraction of sp³-hybridized carbons (Fsp3) is 0.538. The molecule has 0 aliphatic carbocycles. The number of rotatable bonds is 7. The van der Waals surface area contributed by atoms with Crippen LogP contribution in [-0.2, 0) is 0 Å². The molecule has 0 heterocycles. The van der Waals surface area contributed by atoms with Gasteiger partial charge in [0.25, 0.3) is 5.69 Å². The maximum Gasteiger partial charge on any atom is 0.292 e. The van der Waals surface area contributed by atoms with Crippen LogP contribution >= 0.6 is 0 Å². The molecule has 0 amide bonds. The molecule has 0 aromatic heterocycles. The van der Waals surface area contributed by atoms with Crippen molar-refractivity contribution in [2.45, 2.75) is 38.8 Å². The minimum atomic E-state index is -0.534. The van der Waals surface area contributed by atoms with Crippen molar-refractivity contribution in [3.05, 3.63) is 33.9 Å². The van der Waals surface area contributed by atoms with Crippen molar-refractivity contribution in [3.63, 3.8) is 0 Å². The van der Waals surface area contributed by atoms with Gasteiger partial charge in [0, 0.05) is 18.7 Å². The van der Waals surface area contributed by atoms with Crippen molar-refractivity contribution in [1.82, 2.24) is 0 Å². The van der Waals surface area contributed by atoms with Gasteiger partial charge in [0.1, 0.15) is 5.69 Å². The fourth-order valence-corrected chi connectivity index (χ4v) is 1.75. The molecule has 2 atom stereocenters. The third-order valence-electron chi connectivity index (χ3n) is 3.00. The Morgan fingerprint density at radius 3 is 2.79 bits per heavy atom. The van der Waals surface area contributed by atoms with E-state index in [0.29, 0.717) is 18.7 Å². The van der Waals surface area contributed by atoms with Crippen LogP contribution in [-0.4, -0.2) is 28.7 Å². The van der Waals surface area contributed by atoms with E-state index in [-0.39, 0.29) is 11.7 Å². The van der Waals surface area contributed by atoms with E-state index in [1.807, 2.05) is 6.92 Å². The molecule has 1 aromatic rings. The molecule has 0 radical (unpaired) electrons. The third kappa shape index (κ3) is 4.84. The van der Waals surface area contributed by atoms with E-state index >= 15 is 0 Å². The van der Waals surface area contributed by atoms with Crippen LogP contribution < -0.4 is 11.1 Å². The lowest BCUT2D eigenvalue weighted by molar-refractivity contribution is -0.384. The molecule has 1 rings (SSSR count). The molecule has 0 fully saturated rings. The van der Waals surface area contributed by atoms with Crippen molar-refractivity contribution in [2.75, 3.05) is 11.9 Å². The number of anilines is 1. The molecular weight excluding hydrogens is 246 g/mol. The highest BCUT2D eigenvalue weighted by atomic mass is 16.6. The van der Waals surface area contributed by atoms with Gasteiger partial charge in [0.15, 0.2) is 0 Å². The maximum atomic E-state index is 10.9. The Morgan fingerprint density at radius 1 is 1.53 bits per heavy atom. The summed E-state index contributed by atoms with van der Waals surface area (Å²) in [4.78, 5) is 10.5. The van der Waals surface area contributed by atoms with Crippen molar-refractivity contribution in [1.29, 1.82) is 0 Å². The SMILES string of the molecule is Cc1ccc([N+](=O)[O-])c(NCCCC(N)C(C)O)c1. The van der Waals surface area contributed by atoms with Gasteiger partial charge in [-0.1, -0.05) is 6.07 Å². The van der Waals surface area contributed by atoms with E-state index < -0.39 is 11.0 Å². The minimum Gasteiger partial charge on any atom is -0.392 e. The summed E-state index contributed by atoms with van der Waals surface area (Å²) in [6, 6.07) is 4.72. The van der Waals surface area contributed by atoms with Crippen molar-refractivity contribution < 1.29 is 10.0 Å². The summed E-state index contributed by atoms with van der Waals surface area (Å²) in [5.41, 5.74) is 7.28. The zero-order chi connectivity index (χ0) is 14.4. The molecule has 4 N–H and O–H groups in total. The highest BCUT2D eigenvalue weighted by Crippen LogP contribution is 2.25. The summed E-state index contributed by atoms with van der Waals surface area (Å²) in [6.45, 7) is 4.13. The molecule has 2 unspecified atom stereocenters. The molecule has 0 aliphatic rings. The van der Waals surface area contributed by atoms with Crippen molar-refractivity contribution in [3.8, 4) is 0 Å². The molecule has 106 valence electrons. The molecule has 0 saturated heterocycles. The van der Waals surface area contributed by atoms with Crippen LogP contribution in [0.15, 0.2) is 18.2 Å². The first kappa shape index (κ1) is 15.4. The van der Waals surface area contributed by atoms with Crippen LogP contribution in [0.4, 0.5) is 11.4 Å². The van der Waals surface area contributed by atoms with Crippen LogP contribution in [0, 0.1) is 17.0 Å². The average molecular weight is 267 g/mol. The van der Waals surface area contributed by atoms with Gasteiger partial charge in [-0.25, -0.2) is 0 Å². The third-order valence-corrected chi connectivity index (χ3v) is 3.00. The summed E-state index contributed by atoms with van der Waals surface area (Å²) in [7, 11) is 0. The van der Waals surface area contributed by atoms with Crippen molar-refractivity contribution >= 4 is 11.4 Å². The Morgan fingerprint density at radius 2 is 2.21 bits per heavy atom. The number of nitrogens with zero attached hydrogens (tertiary/aromatic N) is 1. The average Bonchev–Trinajstić information content (AvgIpc) is 2.33. The minimum absolute atomic E-state index is 0.0745. The summed E-state index contributed by atoms with van der Waals surface area (Å²) in [6.07, 6.45) is 0.884. The lowest BCUT2D eigenvalue weighted by Crippen LogP contribution is -2.32. The summed E-state index contributed by atoms with van der Waals surface area (Å²) >= 11 is 0. The number of hydrogen-bond acceptors (Lipinski definition) is 5. The van der Waals surface area contributed by atoms with Crippen LogP contribution in [0.5, 0.6) is 0 Å². The van der Waals surface area contributed by atoms with E-state index in [0.717, 1.165) is 12.0 Å². The second kappa shape index (κ2) is 7.06. The molecule has 1 aromatic carbocycles. The normalized spacial score (nSPS) is 13.9. The second-order valence-electron chi connectivity index (χ2n) is 4.75. The van der Waals surface area contributed by atoms with Gasteiger partial charge in [-0.15, -0.1) is 0 Å². The van der Waals surface area contributed by atoms with Gasteiger partial charge < -0.3 is 16.2 Å². The van der Waals surface area contributed by atoms with E-state index in [4.69, 9.17) is 5.73 Å². The number of nitro groups is 1. The van der Waals surface area contributed by atoms with Gasteiger partial charge in [-0.05, 0) is 38.3 Å². The topological polar surface area (TPSA) is 101 Å². The Kier molecular flexibility index (Phi) is 5.72. The number of nitro benzene ring substituents is 1. The molecule has 6 nitrogen and oxygen atoms in total. The predicted molar refractivity (Wildman–Crippen MR) is 75.2 cm³/mol. The number of hydrogen-bond donors (Lipinski definition) is 3. The van der Waals surface area contributed by atoms with E-state index in [2.05, 4.69) is 5.32 Å². The van der Waals surface area contributed by atoms with Gasteiger partial charge >= 0.3 is 0 Å². The van der Waals surface area contributed by atoms with Gasteiger partial charge in [0.05, 0.1) is 11.0 Å². The van der Waals surface area contributed by atoms with Crippen LogP contribution in [0.2, 0.25) is 0 Å². The second-order valence-corrected chi connectivity index (χ2v) is 4.75. The molecule has 0 bridgehead atoms. The monoisotopic (exact) mass is 267 g/mol. The lowest BCUT2D eigenvalue weighted by Gasteiger charge is -2.14. The quantitative estimate of drug-likeness (QED) is 0.397. The molecular formula is C13H21N3O3. The van der Waals surface area contributed by atoms with E-state index in [1.165, 1.54) is 6.07 Å². The number of benzene rings is 1. The number of aliphatic hydroxyl groups excluding tert-OH is 1. The Labute approximate surface area is 112 Å². The van der Waals surface area contributed by atoms with E-state index in [1.54, 1.807) is 19.1 Å². The first-order valence-electron chi connectivity index (χ1n) is 6.34. The summed E-state index contributed by atoms with van der Waals surface area (Å²) < 4.78 is 0. The summed E-state index contributed by atoms with van der Waals surface area (Å²) in [5.74, 6) is 0. The number of nitrogens with two attached hydrogens (primary N) is 1. The highest BCUT2D eigenvalue weighted by molar-refractivity contribution is 5.62. The van der Waals surface area contributed by atoms with Gasteiger partial charge in [-0.2, -0.15) is 0 Å². The fourth-order valence-electron chi connectivity index (χ4n) is 1.75. The molecule has 0 saturated carbocycles. The van der Waals surface area contributed by atoms with Crippen molar-refractivity contribution in [2.24, 2.45) is 5.73 Å². The van der Waals surface area contributed by atoms with Gasteiger partial charge in [-0.3, -0.25) is 10.1 Å². The largest absolute Gasteiger partial charge is 0.392 e. The summed E-state index contributed by atoms with van der Waals surface area (Å²) in [5, 5.41) is 23.2. The zero-order valence-corrected chi connectivity index (χ0v) is 11.3. The zero-order valence-electron chi connectivity index (χ0n) is 11.3. The number of aryl methyl sites for hydroxylation is 1. The Hall–Kier alpha value is -1.66. The molecule has 6 heteroatoms. The highest BCUT2D eigenvalue weighted by Gasteiger charge is 2.13. The molecule has 0 aliphatic heterocycles. The van der Waals surface area contributed by atoms with Crippen LogP contribution in [0.25, 0.3) is 0 Å². The van der Waals surface area contributed by atoms with Crippen LogP contribution in [0.1, 0.15) is 25.3 Å². The Balaban J connectivity index is 2.53. The molecule has 0 spiro atoms. The first-order chi connectivity index (χ1) is 8.91. The van der Waals surface area contributed by atoms with E-state index in [9.17, 15) is 15.2 Å². The van der Waals surface area contributed by atoms with Gasteiger partial charge in [0.2, 0.25) is 0 Å². The molecule has 19 heavy (non-hydrogen) atoms. The standard InChI is InChI=1S/C13H21N3O3/c1-9-5-6-13(16(18)19)12(8-9)15-7-3-4-11(14)10(2)17/h5-6,8,10-11,15,17H,3-4,7,14H2,1-2H3. The predicted octanol–water partition coefficient (Wildman–Crippen LogP) is 1.80. The maximum absolute atomic E-state index is 10.9. The van der Waals surface area contributed by atoms with Crippen LogP contribution in [0.3, 0.4) is 0 Å². The first-order valence-corrected chi connectivity index (χ1v) is 6.34. The number of aliphatic hydroxyl groups is 1. The Bertz CT molecular complexity index is 435. The lowest BCUT2D eigenvalue weighted by atomic mass is 10.1.